The van der Waals surface area contributed by atoms with Crippen LogP contribution in [-0.4, -0.2) is 65.9 Å². The molecule has 2 aliphatic rings. The molecule has 2 aromatic heterocycles. The van der Waals surface area contributed by atoms with E-state index in [1.54, 1.807) is 0 Å². The predicted octanol–water partition coefficient (Wildman–Crippen LogP) is 2.15. The SMILES string of the molecule is CN(C)c1nc(C2CCN(C3CCOCC3)CC2)cn2nccc12. The number of hydrogen-bond donors (Lipinski definition) is 0. The minimum atomic E-state index is 0.536. The average molecular weight is 329 g/mol. The van der Waals surface area contributed by atoms with Crippen LogP contribution < -0.4 is 4.90 Å². The van der Waals surface area contributed by atoms with Crippen LogP contribution >= 0.6 is 0 Å². The largest absolute Gasteiger partial charge is 0.381 e. The molecule has 0 bridgehead atoms. The third kappa shape index (κ3) is 3.00. The Morgan fingerprint density at radius 3 is 2.58 bits per heavy atom. The van der Waals surface area contributed by atoms with Gasteiger partial charge in [0, 0.05) is 39.3 Å². The number of ether oxygens (including phenoxy) is 1. The summed E-state index contributed by atoms with van der Waals surface area (Å²) >= 11 is 0. The van der Waals surface area contributed by atoms with E-state index in [-0.39, 0.29) is 0 Å². The Balaban J connectivity index is 1.50. The molecule has 2 saturated heterocycles. The number of fused-ring (bicyclic) bond motifs is 1. The van der Waals surface area contributed by atoms with E-state index in [9.17, 15) is 0 Å². The normalized spacial score (nSPS) is 21.4. The lowest BCUT2D eigenvalue weighted by Gasteiger charge is -2.39. The second kappa shape index (κ2) is 6.69. The van der Waals surface area contributed by atoms with Crippen LogP contribution in [0.1, 0.15) is 37.3 Å². The number of piperidine rings is 1. The van der Waals surface area contributed by atoms with Gasteiger partial charge in [0.1, 0.15) is 5.52 Å². The van der Waals surface area contributed by atoms with E-state index in [4.69, 9.17) is 9.72 Å². The molecule has 2 aromatic rings. The maximum absolute atomic E-state index is 5.50. The maximum Gasteiger partial charge on any atom is 0.154 e. The number of aromatic nitrogens is 3. The van der Waals surface area contributed by atoms with Gasteiger partial charge in [-0.1, -0.05) is 0 Å². The molecule has 0 radical (unpaired) electrons. The quantitative estimate of drug-likeness (QED) is 0.863. The van der Waals surface area contributed by atoms with Crippen molar-refractivity contribution in [2.45, 2.75) is 37.6 Å². The molecule has 0 N–H and O–H groups in total. The zero-order chi connectivity index (χ0) is 16.5. The van der Waals surface area contributed by atoms with Gasteiger partial charge in [0.25, 0.3) is 0 Å². The first-order valence-electron chi connectivity index (χ1n) is 9.06. The van der Waals surface area contributed by atoms with Crippen molar-refractivity contribution in [1.29, 1.82) is 0 Å². The highest BCUT2D eigenvalue weighted by molar-refractivity contribution is 5.68. The molecule has 130 valence electrons. The smallest absolute Gasteiger partial charge is 0.154 e. The van der Waals surface area contributed by atoms with Crippen LogP contribution in [0.5, 0.6) is 0 Å². The number of likely N-dealkylation sites (tertiary alicyclic amines) is 1. The van der Waals surface area contributed by atoms with Gasteiger partial charge in [0.05, 0.1) is 18.1 Å². The van der Waals surface area contributed by atoms with Crippen molar-refractivity contribution < 1.29 is 4.74 Å². The van der Waals surface area contributed by atoms with Crippen LogP contribution in [0.4, 0.5) is 5.82 Å². The van der Waals surface area contributed by atoms with Crippen LogP contribution in [0, 0.1) is 0 Å². The zero-order valence-electron chi connectivity index (χ0n) is 14.7. The van der Waals surface area contributed by atoms with Crippen molar-refractivity contribution in [2.24, 2.45) is 0 Å². The highest BCUT2D eigenvalue weighted by atomic mass is 16.5. The minimum absolute atomic E-state index is 0.536. The summed E-state index contributed by atoms with van der Waals surface area (Å²) in [5, 5.41) is 4.43. The molecule has 0 saturated carbocycles. The van der Waals surface area contributed by atoms with E-state index in [0.29, 0.717) is 5.92 Å². The topological polar surface area (TPSA) is 45.9 Å². The molecule has 6 nitrogen and oxygen atoms in total. The van der Waals surface area contributed by atoms with Gasteiger partial charge in [-0.25, -0.2) is 9.50 Å². The Morgan fingerprint density at radius 1 is 1.12 bits per heavy atom. The van der Waals surface area contributed by atoms with E-state index < -0.39 is 0 Å². The summed E-state index contributed by atoms with van der Waals surface area (Å²) < 4.78 is 7.47. The van der Waals surface area contributed by atoms with Crippen molar-refractivity contribution >= 4 is 11.3 Å². The highest BCUT2D eigenvalue weighted by Crippen LogP contribution is 2.31. The first-order chi connectivity index (χ1) is 11.7. The summed E-state index contributed by atoms with van der Waals surface area (Å²) in [5.74, 6) is 1.55. The molecule has 6 heteroatoms. The molecular weight excluding hydrogens is 302 g/mol. The summed E-state index contributed by atoms with van der Waals surface area (Å²) in [6, 6.07) is 2.75. The van der Waals surface area contributed by atoms with E-state index in [1.165, 1.54) is 44.5 Å². The third-order valence-corrected chi connectivity index (χ3v) is 5.47. The lowest BCUT2D eigenvalue weighted by molar-refractivity contribution is 0.0250. The first kappa shape index (κ1) is 15.8. The highest BCUT2D eigenvalue weighted by Gasteiger charge is 2.28. The summed E-state index contributed by atoms with van der Waals surface area (Å²) in [6.07, 6.45) is 8.71. The zero-order valence-corrected chi connectivity index (χ0v) is 14.7. The summed E-state index contributed by atoms with van der Waals surface area (Å²) in [5.41, 5.74) is 2.25. The molecule has 0 aromatic carbocycles. The molecule has 0 amide bonds. The van der Waals surface area contributed by atoms with Crippen molar-refractivity contribution in [3.63, 3.8) is 0 Å². The standard InChI is InChI=1S/C18H27N5O/c1-21(2)18-17-3-8-19-23(17)13-16(20-18)14-4-9-22(10-5-14)15-6-11-24-12-7-15/h3,8,13-15H,4-7,9-12H2,1-2H3. The number of hydrogen-bond acceptors (Lipinski definition) is 5. The fraction of sp³-hybridized carbons (Fsp3) is 0.667. The molecule has 2 fully saturated rings. The van der Waals surface area contributed by atoms with E-state index in [0.717, 1.165) is 30.6 Å². The first-order valence-corrected chi connectivity index (χ1v) is 9.06. The average Bonchev–Trinajstić information content (AvgIpc) is 3.10. The van der Waals surface area contributed by atoms with Crippen LogP contribution in [0.2, 0.25) is 0 Å². The minimum Gasteiger partial charge on any atom is -0.381 e. The van der Waals surface area contributed by atoms with E-state index >= 15 is 0 Å². The summed E-state index contributed by atoms with van der Waals surface area (Å²) in [6.45, 7) is 4.19. The van der Waals surface area contributed by atoms with E-state index in [1.807, 2.05) is 30.9 Å². The van der Waals surface area contributed by atoms with Crippen molar-refractivity contribution in [1.82, 2.24) is 19.5 Å². The fourth-order valence-electron chi connectivity index (χ4n) is 4.06. The molecule has 0 spiro atoms. The summed E-state index contributed by atoms with van der Waals surface area (Å²) in [4.78, 5) is 9.71. The molecule has 4 rings (SSSR count). The van der Waals surface area contributed by atoms with Gasteiger partial charge in [-0.05, 0) is 44.8 Å². The number of anilines is 1. The molecule has 0 aliphatic carbocycles. The van der Waals surface area contributed by atoms with Gasteiger partial charge in [-0.15, -0.1) is 0 Å². The molecular formula is C18H27N5O. The Kier molecular flexibility index (Phi) is 4.41. The molecule has 0 unspecified atom stereocenters. The lowest BCUT2D eigenvalue weighted by atomic mass is 9.92. The van der Waals surface area contributed by atoms with E-state index in [2.05, 4.69) is 21.1 Å². The van der Waals surface area contributed by atoms with Crippen LogP contribution in [0.25, 0.3) is 5.52 Å². The van der Waals surface area contributed by atoms with Gasteiger partial charge in [-0.3, -0.25) is 0 Å². The Morgan fingerprint density at radius 2 is 1.88 bits per heavy atom. The van der Waals surface area contributed by atoms with Crippen LogP contribution in [-0.2, 0) is 4.74 Å². The van der Waals surface area contributed by atoms with Gasteiger partial charge in [0.2, 0.25) is 0 Å². The Bertz CT molecular complexity index is 684. The Labute approximate surface area is 143 Å². The molecule has 0 atom stereocenters. The maximum atomic E-state index is 5.50. The third-order valence-electron chi connectivity index (χ3n) is 5.47. The second-order valence-corrected chi connectivity index (χ2v) is 7.20. The van der Waals surface area contributed by atoms with Gasteiger partial charge < -0.3 is 14.5 Å². The van der Waals surface area contributed by atoms with Crippen molar-refractivity contribution in [3.8, 4) is 0 Å². The van der Waals surface area contributed by atoms with Gasteiger partial charge in [0.15, 0.2) is 5.82 Å². The second-order valence-electron chi connectivity index (χ2n) is 7.20. The van der Waals surface area contributed by atoms with Crippen LogP contribution in [0.15, 0.2) is 18.5 Å². The molecule has 2 aliphatic heterocycles. The van der Waals surface area contributed by atoms with Crippen LogP contribution in [0.3, 0.4) is 0 Å². The number of rotatable bonds is 3. The lowest BCUT2D eigenvalue weighted by Crippen LogP contribution is -2.43. The number of nitrogens with zero attached hydrogens (tertiary/aromatic N) is 5. The Hall–Kier alpha value is -1.66. The molecule has 4 heterocycles. The van der Waals surface area contributed by atoms with Crippen molar-refractivity contribution in [3.05, 3.63) is 24.2 Å². The van der Waals surface area contributed by atoms with Gasteiger partial charge in [-0.2, -0.15) is 5.10 Å². The van der Waals surface area contributed by atoms with Crippen molar-refractivity contribution in [2.75, 3.05) is 45.3 Å². The van der Waals surface area contributed by atoms with Gasteiger partial charge >= 0.3 is 0 Å². The fourth-order valence-corrected chi connectivity index (χ4v) is 4.06. The summed E-state index contributed by atoms with van der Waals surface area (Å²) in [7, 11) is 4.10. The predicted molar refractivity (Wildman–Crippen MR) is 94.7 cm³/mol. The monoisotopic (exact) mass is 329 g/mol. The molecule has 24 heavy (non-hydrogen) atoms.